The molecular formula is C21H37N5O. The van der Waals surface area contributed by atoms with Gasteiger partial charge in [-0.3, -0.25) is 9.79 Å². The third-order valence-corrected chi connectivity index (χ3v) is 4.59. The molecule has 0 aliphatic rings. The molecule has 0 saturated heterocycles. The summed E-state index contributed by atoms with van der Waals surface area (Å²) < 4.78 is 0. The summed E-state index contributed by atoms with van der Waals surface area (Å²) in [7, 11) is 1.81. The fourth-order valence-electron chi connectivity index (χ4n) is 2.94. The Morgan fingerprint density at radius 2 is 1.85 bits per heavy atom. The van der Waals surface area contributed by atoms with Crippen LogP contribution in [0.25, 0.3) is 0 Å². The lowest BCUT2D eigenvalue weighted by Crippen LogP contribution is -2.43. The second kappa shape index (κ2) is 13.1. The van der Waals surface area contributed by atoms with E-state index in [2.05, 4.69) is 46.6 Å². The molecule has 1 unspecified atom stereocenters. The molecule has 1 amide bonds. The van der Waals surface area contributed by atoms with Crippen LogP contribution in [0.2, 0.25) is 0 Å². The number of anilines is 1. The summed E-state index contributed by atoms with van der Waals surface area (Å²) in [6.45, 7) is 12.3. The highest BCUT2D eigenvalue weighted by molar-refractivity contribution is 5.88. The Labute approximate surface area is 164 Å². The SMILES string of the molecule is CCN(CC)CCCC(C)NC(=NC)NCCc1ccc(NC(C)=O)cc1. The van der Waals surface area contributed by atoms with Crippen molar-refractivity contribution in [3.8, 4) is 0 Å². The van der Waals surface area contributed by atoms with E-state index in [1.54, 1.807) is 7.05 Å². The Kier molecular flexibility index (Phi) is 11.2. The van der Waals surface area contributed by atoms with Crippen molar-refractivity contribution in [2.24, 2.45) is 4.99 Å². The third kappa shape index (κ3) is 9.99. The number of amides is 1. The van der Waals surface area contributed by atoms with Crippen molar-refractivity contribution in [2.75, 3.05) is 38.5 Å². The maximum Gasteiger partial charge on any atom is 0.221 e. The summed E-state index contributed by atoms with van der Waals surface area (Å²) >= 11 is 0. The van der Waals surface area contributed by atoms with Crippen LogP contribution in [0.1, 0.15) is 46.1 Å². The highest BCUT2D eigenvalue weighted by Crippen LogP contribution is 2.09. The topological polar surface area (TPSA) is 68.8 Å². The number of hydrogen-bond acceptors (Lipinski definition) is 3. The molecule has 152 valence electrons. The van der Waals surface area contributed by atoms with Crippen LogP contribution in [0.15, 0.2) is 29.3 Å². The highest BCUT2D eigenvalue weighted by Gasteiger charge is 2.06. The van der Waals surface area contributed by atoms with Crippen LogP contribution < -0.4 is 16.0 Å². The number of rotatable bonds is 11. The summed E-state index contributed by atoms with van der Waals surface area (Å²) in [5.74, 6) is 0.797. The smallest absolute Gasteiger partial charge is 0.221 e. The van der Waals surface area contributed by atoms with Gasteiger partial charge in [0.2, 0.25) is 5.91 Å². The minimum Gasteiger partial charge on any atom is -0.356 e. The number of guanidine groups is 1. The van der Waals surface area contributed by atoms with Gasteiger partial charge in [-0.1, -0.05) is 26.0 Å². The minimum atomic E-state index is -0.0505. The Hall–Kier alpha value is -2.08. The van der Waals surface area contributed by atoms with Crippen LogP contribution in [0.4, 0.5) is 5.69 Å². The molecule has 0 aromatic heterocycles. The predicted molar refractivity (Wildman–Crippen MR) is 115 cm³/mol. The van der Waals surface area contributed by atoms with E-state index < -0.39 is 0 Å². The molecule has 1 aromatic rings. The number of carbonyl (C=O) groups excluding carboxylic acids is 1. The van der Waals surface area contributed by atoms with Crippen molar-refractivity contribution in [2.45, 2.75) is 53.0 Å². The van der Waals surface area contributed by atoms with Gasteiger partial charge in [0.15, 0.2) is 5.96 Å². The molecule has 6 nitrogen and oxygen atoms in total. The molecule has 6 heteroatoms. The van der Waals surface area contributed by atoms with E-state index in [9.17, 15) is 4.79 Å². The van der Waals surface area contributed by atoms with Gasteiger partial charge in [0.1, 0.15) is 0 Å². The molecule has 3 N–H and O–H groups in total. The van der Waals surface area contributed by atoms with Crippen LogP contribution in [-0.2, 0) is 11.2 Å². The Balaban J connectivity index is 2.30. The molecular weight excluding hydrogens is 338 g/mol. The molecule has 1 aromatic carbocycles. The maximum atomic E-state index is 11.1. The maximum absolute atomic E-state index is 11.1. The average Bonchev–Trinajstić information content (AvgIpc) is 2.65. The van der Waals surface area contributed by atoms with Crippen molar-refractivity contribution >= 4 is 17.6 Å². The number of hydrogen-bond donors (Lipinski definition) is 3. The van der Waals surface area contributed by atoms with E-state index in [1.807, 2.05) is 24.3 Å². The van der Waals surface area contributed by atoms with Gasteiger partial charge in [-0.15, -0.1) is 0 Å². The highest BCUT2D eigenvalue weighted by atomic mass is 16.1. The number of carbonyl (C=O) groups is 1. The summed E-state index contributed by atoms with van der Waals surface area (Å²) in [4.78, 5) is 17.8. The van der Waals surface area contributed by atoms with Gasteiger partial charge in [-0.05, 0) is 63.5 Å². The van der Waals surface area contributed by atoms with Crippen molar-refractivity contribution in [1.29, 1.82) is 0 Å². The molecule has 1 atom stereocenters. The molecule has 0 aliphatic heterocycles. The normalized spacial score (nSPS) is 12.7. The van der Waals surface area contributed by atoms with E-state index in [0.29, 0.717) is 6.04 Å². The first-order valence-corrected chi connectivity index (χ1v) is 10.0. The summed E-state index contributed by atoms with van der Waals surface area (Å²) in [6.07, 6.45) is 3.21. The molecule has 0 radical (unpaired) electrons. The fourth-order valence-corrected chi connectivity index (χ4v) is 2.94. The summed E-state index contributed by atoms with van der Waals surface area (Å²) in [6, 6.07) is 8.34. The monoisotopic (exact) mass is 375 g/mol. The van der Waals surface area contributed by atoms with Gasteiger partial charge in [0.25, 0.3) is 0 Å². The van der Waals surface area contributed by atoms with Crippen LogP contribution in [0.5, 0.6) is 0 Å². The number of nitrogens with zero attached hydrogens (tertiary/aromatic N) is 2. The molecule has 0 heterocycles. The molecule has 0 bridgehead atoms. The Morgan fingerprint density at radius 3 is 2.41 bits per heavy atom. The van der Waals surface area contributed by atoms with E-state index in [1.165, 1.54) is 18.9 Å². The minimum absolute atomic E-state index is 0.0505. The first kappa shape index (κ1) is 23.0. The van der Waals surface area contributed by atoms with E-state index in [0.717, 1.165) is 50.7 Å². The van der Waals surface area contributed by atoms with E-state index in [-0.39, 0.29) is 5.91 Å². The predicted octanol–water partition coefficient (Wildman–Crippen LogP) is 2.86. The van der Waals surface area contributed by atoms with Gasteiger partial charge in [-0.2, -0.15) is 0 Å². The molecule has 0 spiro atoms. The van der Waals surface area contributed by atoms with Crippen molar-refractivity contribution in [3.05, 3.63) is 29.8 Å². The van der Waals surface area contributed by atoms with Crippen LogP contribution >= 0.6 is 0 Å². The first-order chi connectivity index (χ1) is 13.0. The largest absolute Gasteiger partial charge is 0.356 e. The number of nitrogens with one attached hydrogen (secondary N) is 3. The zero-order valence-electron chi connectivity index (χ0n) is 17.6. The lowest BCUT2D eigenvalue weighted by Gasteiger charge is -2.21. The van der Waals surface area contributed by atoms with Crippen molar-refractivity contribution < 1.29 is 4.79 Å². The third-order valence-electron chi connectivity index (χ3n) is 4.59. The average molecular weight is 376 g/mol. The summed E-state index contributed by atoms with van der Waals surface area (Å²) in [5, 5.41) is 9.62. The van der Waals surface area contributed by atoms with Crippen LogP contribution in [0.3, 0.4) is 0 Å². The Bertz CT molecular complexity index is 566. The van der Waals surface area contributed by atoms with Gasteiger partial charge in [-0.25, -0.2) is 0 Å². The number of aliphatic imine (C=N–C) groups is 1. The van der Waals surface area contributed by atoms with E-state index >= 15 is 0 Å². The lowest BCUT2D eigenvalue weighted by molar-refractivity contribution is -0.114. The number of benzene rings is 1. The first-order valence-electron chi connectivity index (χ1n) is 10.0. The Morgan fingerprint density at radius 1 is 1.19 bits per heavy atom. The zero-order chi connectivity index (χ0) is 20.1. The van der Waals surface area contributed by atoms with Crippen molar-refractivity contribution in [3.63, 3.8) is 0 Å². The second-order valence-corrected chi connectivity index (χ2v) is 6.84. The quantitative estimate of drug-likeness (QED) is 0.411. The molecule has 27 heavy (non-hydrogen) atoms. The van der Waals surface area contributed by atoms with Crippen LogP contribution in [-0.4, -0.2) is 56.0 Å². The fraction of sp³-hybridized carbons (Fsp3) is 0.619. The van der Waals surface area contributed by atoms with Gasteiger partial charge < -0.3 is 20.9 Å². The molecule has 0 aliphatic carbocycles. The van der Waals surface area contributed by atoms with Gasteiger partial charge in [0, 0.05) is 32.2 Å². The van der Waals surface area contributed by atoms with Crippen molar-refractivity contribution in [1.82, 2.24) is 15.5 Å². The van der Waals surface area contributed by atoms with Crippen LogP contribution in [0, 0.1) is 0 Å². The standard InChI is InChI=1S/C21H37N5O/c1-6-26(7-2)16-8-9-17(3)24-21(22-5)23-15-14-19-10-12-20(13-11-19)25-18(4)27/h10-13,17H,6-9,14-16H2,1-5H3,(H,25,27)(H2,22,23,24). The van der Waals surface area contributed by atoms with Gasteiger partial charge >= 0.3 is 0 Å². The second-order valence-electron chi connectivity index (χ2n) is 6.84. The van der Waals surface area contributed by atoms with E-state index in [4.69, 9.17) is 0 Å². The lowest BCUT2D eigenvalue weighted by atomic mass is 10.1. The molecule has 0 saturated carbocycles. The zero-order valence-corrected chi connectivity index (χ0v) is 17.6. The molecule has 1 rings (SSSR count). The summed E-state index contributed by atoms with van der Waals surface area (Å²) in [5.41, 5.74) is 2.05. The van der Waals surface area contributed by atoms with Gasteiger partial charge in [0.05, 0.1) is 0 Å². The molecule has 0 fully saturated rings.